The predicted molar refractivity (Wildman–Crippen MR) is 74.9 cm³/mol. The van der Waals surface area contributed by atoms with Gasteiger partial charge in [0, 0.05) is 0 Å². The standard InChI is InChI=1S/C16H26O4/c1-9(2)19-15(17)13-11-5-7-12(8-6-11)14(13)16(18)20-10(3)4/h9-14H,5-8H2,1-4H3/t11?,12?,13-,14-/m0/s1. The summed E-state index contributed by atoms with van der Waals surface area (Å²) in [5.74, 6) is -0.431. The van der Waals surface area contributed by atoms with E-state index in [2.05, 4.69) is 0 Å². The fourth-order valence-electron chi connectivity index (χ4n) is 3.75. The van der Waals surface area contributed by atoms with Crippen LogP contribution in [-0.4, -0.2) is 24.1 Å². The number of ether oxygens (including phenoxy) is 2. The van der Waals surface area contributed by atoms with Crippen LogP contribution in [0.2, 0.25) is 0 Å². The van der Waals surface area contributed by atoms with Gasteiger partial charge in [-0.05, 0) is 65.2 Å². The molecule has 0 aromatic rings. The zero-order valence-corrected chi connectivity index (χ0v) is 12.9. The SMILES string of the molecule is CC(C)OC(=O)[C@H]1C2CCC(CC2)[C@@H]1C(=O)OC(C)C. The Balaban J connectivity index is 2.16. The van der Waals surface area contributed by atoms with E-state index in [1.807, 2.05) is 27.7 Å². The quantitative estimate of drug-likeness (QED) is 0.744. The minimum absolute atomic E-state index is 0.135. The van der Waals surface area contributed by atoms with Gasteiger partial charge in [-0.25, -0.2) is 0 Å². The van der Waals surface area contributed by atoms with Gasteiger partial charge in [-0.2, -0.15) is 0 Å². The van der Waals surface area contributed by atoms with E-state index in [0.717, 1.165) is 25.7 Å². The fourth-order valence-corrected chi connectivity index (χ4v) is 3.75. The Morgan fingerprint density at radius 1 is 0.750 bits per heavy atom. The first-order chi connectivity index (χ1) is 9.40. The van der Waals surface area contributed by atoms with Crippen molar-refractivity contribution in [3.05, 3.63) is 0 Å². The molecule has 4 nitrogen and oxygen atoms in total. The highest BCUT2D eigenvalue weighted by molar-refractivity contribution is 5.83. The van der Waals surface area contributed by atoms with E-state index in [9.17, 15) is 9.59 Å². The molecule has 3 fully saturated rings. The maximum absolute atomic E-state index is 12.4. The molecule has 4 heteroatoms. The van der Waals surface area contributed by atoms with Gasteiger partial charge in [0.05, 0.1) is 24.0 Å². The van der Waals surface area contributed by atoms with E-state index < -0.39 is 0 Å². The van der Waals surface area contributed by atoms with Gasteiger partial charge in [-0.3, -0.25) is 9.59 Å². The third kappa shape index (κ3) is 3.15. The van der Waals surface area contributed by atoms with Gasteiger partial charge in [-0.15, -0.1) is 0 Å². The molecule has 3 aliphatic rings. The maximum Gasteiger partial charge on any atom is 0.310 e. The Morgan fingerprint density at radius 3 is 1.30 bits per heavy atom. The van der Waals surface area contributed by atoms with Crippen LogP contribution in [0.4, 0.5) is 0 Å². The molecule has 3 saturated carbocycles. The molecule has 2 bridgehead atoms. The van der Waals surface area contributed by atoms with E-state index in [1.54, 1.807) is 0 Å². The van der Waals surface area contributed by atoms with E-state index in [4.69, 9.17) is 9.47 Å². The van der Waals surface area contributed by atoms with Crippen molar-refractivity contribution in [2.24, 2.45) is 23.7 Å². The summed E-state index contributed by atoms with van der Waals surface area (Å²) in [6.45, 7) is 7.39. The first-order valence-electron chi connectivity index (χ1n) is 7.81. The summed E-state index contributed by atoms with van der Waals surface area (Å²) < 4.78 is 10.8. The highest BCUT2D eigenvalue weighted by atomic mass is 16.6. The molecule has 0 unspecified atom stereocenters. The van der Waals surface area contributed by atoms with Crippen molar-refractivity contribution < 1.29 is 19.1 Å². The molecule has 0 aromatic heterocycles. The summed E-state index contributed by atoms with van der Waals surface area (Å²) in [5, 5.41) is 0. The average molecular weight is 282 g/mol. The number of carbonyl (C=O) groups is 2. The Labute approximate surface area is 121 Å². The van der Waals surface area contributed by atoms with E-state index in [1.165, 1.54) is 0 Å². The van der Waals surface area contributed by atoms with Gasteiger partial charge in [0.2, 0.25) is 0 Å². The Bertz CT molecular complexity index is 331. The lowest BCUT2D eigenvalue weighted by Gasteiger charge is -2.46. The van der Waals surface area contributed by atoms with Gasteiger partial charge in [0.15, 0.2) is 0 Å². The molecule has 0 N–H and O–H groups in total. The molecule has 0 saturated heterocycles. The molecule has 0 radical (unpaired) electrons. The minimum Gasteiger partial charge on any atom is -0.463 e. The molecule has 3 aliphatic carbocycles. The smallest absolute Gasteiger partial charge is 0.310 e. The Kier molecular flexibility index (Phi) is 4.71. The molecule has 0 spiro atoms. The number of esters is 2. The van der Waals surface area contributed by atoms with Crippen LogP contribution in [-0.2, 0) is 19.1 Å². The lowest BCUT2D eigenvalue weighted by molar-refractivity contribution is -0.177. The van der Waals surface area contributed by atoms with Crippen molar-refractivity contribution in [3.63, 3.8) is 0 Å². The van der Waals surface area contributed by atoms with Crippen molar-refractivity contribution in [2.75, 3.05) is 0 Å². The molecular formula is C16H26O4. The predicted octanol–water partition coefficient (Wildman–Crippen LogP) is 2.94. The van der Waals surface area contributed by atoms with Gasteiger partial charge in [0.25, 0.3) is 0 Å². The van der Waals surface area contributed by atoms with Gasteiger partial charge >= 0.3 is 11.9 Å². The Morgan fingerprint density at radius 2 is 1.05 bits per heavy atom. The van der Waals surface area contributed by atoms with Crippen molar-refractivity contribution in [2.45, 2.75) is 65.6 Å². The van der Waals surface area contributed by atoms with Crippen molar-refractivity contribution in [1.82, 2.24) is 0 Å². The van der Waals surface area contributed by atoms with E-state index in [0.29, 0.717) is 0 Å². The summed E-state index contributed by atoms with van der Waals surface area (Å²) in [7, 11) is 0. The zero-order chi connectivity index (χ0) is 14.9. The lowest BCUT2D eigenvalue weighted by Crippen LogP contribution is -2.49. The van der Waals surface area contributed by atoms with Gasteiger partial charge in [-0.1, -0.05) is 0 Å². The second-order valence-corrected chi connectivity index (χ2v) is 6.70. The maximum atomic E-state index is 12.4. The van der Waals surface area contributed by atoms with Crippen LogP contribution in [0.15, 0.2) is 0 Å². The molecule has 2 atom stereocenters. The third-order valence-electron chi connectivity index (χ3n) is 4.47. The van der Waals surface area contributed by atoms with Crippen LogP contribution >= 0.6 is 0 Å². The zero-order valence-electron chi connectivity index (χ0n) is 12.9. The van der Waals surface area contributed by atoms with Crippen LogP contribution in [0.3, 0.4) is 0 Å². The first kappa shape index (κ1) is 15.3. The number of rotatable bonds is 4. The molecule has 3 rings (SSSR count). The van der Waals surface area contributed by atoms with Gasteiger partial charge < -0.3 is 9.47 Å². The van der Waals surface area contributed by atoms with Crippen LogP contribution < -0.4 is 0 Å². The molecule has 0 heterocycles. The monoisotopic (exact) mass is 282 g/mol. The lowest BCUT2D eigenvalue weighted by atomic mass is 9.58. The molecular weight excluding hydrogens is 256 g/mol. The van der Waals surface area contributed by atoms with Crippen LogP contribution in [0.5, 0.6) is 0 Å². The van der Waals surface area contributed by atoms with Crippen LogP contribution in [0, 0.1) is 23.7 Å². The summed E-state index contributed by atoms with van der Waals surface area (Å²) in [6, 6.07) is 0. The largest absolute Gasteiger partial charge is 0.463 e. The van der Waals surface area contributed by atoms with Crippen molar-refractivity contribution >= 4 is 11.9 Å². The van der Waals surface area contributed by atoms with Crippen LogP contribution in [0.25, 0.3) is 0 Å². The second kappa shape index (κ2) is 6.15. The number of fused-ring (bicyclic) bond motifs is 3. The fraction of sp³-hybridized carbons (Fsp3) is 0.875. The molecule has 20 heavy (non-hydrogen) atoms. The normalized spacial score (nSPS) is 32.5. The minimum atomic E-state index is -0.295. The highest BCUT2D eigenvalue weighted by Crippen LogP contribution is 2.49. The topological polar surface area (TPSA) is 52.6 Å². The Hall–Kier alpha value is -1.06. The third-order valence-corrected chi connectivity index (χ3v) is 4.47. The number of hydrogen-bond acceptors (Lipinski definition) is 4. The van der Waals surface area contributed by atoms with E-state index in [-0.39, 0.29) is 47.8 Å². The van der Waals surface area contributed by atoms with E-state index >= 15 is 0 Å². The molecule has 0 amide bonds. The molecule has 0 aromatic carbocycles. The average Bonchev–Trinajstić information content (AvgIpc) is 2.37. The number of hydrogen-bond donors (Lipinski definition) is 0. The number of carbonyl (C=O) groups excluding carboxylic acids is 2. The summed E-state index contributed by atoms with van der Waals surface area (Å²) in [4.78, 5) is 24.7. The second-order valence-electron chi connectivity index (χ2n) is 6.70. The van der Waals surface area contributed by atoms with Crippen molar-refractivity contribution in [1.29, 1.82) is 0 Å². The summed E-state index contributed by atoms with van der Waals surface area (Å²) >= 11 is 0. The summed E-state index contributed by atoms with van der Waals surface area (Å²) in [6.07, 6.45) is 3.87. The highest BCUT2D eigenvalue weighted by Gasteiger charge is 2.51. The summed E-state index contributed by atoms with van der Waals surface area (Å²) in [5.41, 5.74) is 0. The first-order valence-corrected chi connectivity index (χ1v) is 7.81. The molecule has 0 aliphatic heterocycles. The van der Waals surface area contributed by atoms with Gasteiger partial charge in [0.1, 0.15) is 0 Å². The van der Waals surface area contributed by atoms with Crippen LogP contribution in [0.1, 0.15) is 53.4 Å². The van der Waals surface area contributed by atoms with Crippen molar-refractivity contribution in [3.8, 4) is 0 Å². The molecule has 114 valence electrons.